The topological polar surface area (TPSA) is 71.2 Å². The van der Waals surface area contributed by atoms with E-state index in [0.717, 1.165) is 5.56 Å². The summed E-state index contributed by atoms with van der Waals surface area (Å²) in [5.74, 6) is -0.395. The molecule has 0 bridgehead atoms. The van der Waals surface area contributed by atoms with Gasteiger partial charge in [-0.1, -0.05) is 36.4 Å². The van der Waals surface area contributed by atoms with Crippen LogP contribution in [-0.2, 0) is 6.61 Å². The first kappa shape index (κ1) is 15.6. The number of rotatable bonds is 6. The third-order valence-corrected chi connectivity index (χ3v) is 3.08. The highest BCUT2D eigenvalue weighted by Crippen LogP contribution is 2.12. The van der Waals surface area contributed by atoms with Gasteiger partial charge in [0.05, 0.1) is 0 Å². The van der Waals surface area contributed by atoms with E-state index < -0.39 is 5.91 Å². The van der Waals surface area contributed by atoms with Crippen LogP contribution >= 0.6 is 0 Å². The predicted molar refractivity (Wildman–Crippen MR) is 85.0 cm³/mol. The van der Waals surface area contributed by atoms with E-state index >= 15 is 0 Å². The molecule has 5 heteroatoms. The first-order valence-electron chi connectivity index (χ1n) is 6.93. The van der Waals surface area contributed by atoms with Crippen LogP contribution in [-0.4, -0.2) is 16.9 Å². The number of pyridine rings is 1. The van der Waals surface area contributed by atoms with Gasteiger partial charge in [0.1, 0.15) is 6.61 Å². The zero-order valence-electron chi connectivity index (χ0n) is 12.3. The molecule has 2 rings (SSSR count). The second-order valence-electron chi connectivity index (χ2n) is 4.82. The Morgan fingerprint density at radius 3 is 2.77 bits per heavy atom. The summed E-state index contributed by atoms with van der Waals surface area (Å²) in [6.45, 7) is 5.61. The normalized spacial score (nSPS) is 11.5. The van der Waals surface area contributed by atoms with Gasteiger partial charge in [-0.25, -0.2) is 0 Å². The number of hydrogen-bond acceptors (Lipinski definition) is 3. The van der Waals surface area contributed by atoms with Crippen molar-refractivity contribution in [2.45, 2.75) is 19.6 Å². The average molecular weight is 298 g/mol. The maximum Gasteiger partial charge on any atom is 0.272 e. The minimum atomic E-state index is -0.409. The Kier molecular flexibility index (Phi) is 5.14. The summed E-state index contributed by atoms with van der Waals surface area (Å²) in [5, 5.41) is 2.70. The van der Waals surface area contributed by atoms with Crippen molar-refractivity contribution in [1.82, 2.24) is 10.3 Å². The number of nitrogens with one attached hydrogen (secondary N) is 2. The molecule has 0 aliphatic rings. The van der Waals surface area contributed by atoms with Crippen molar-refractivity contribution in [3.63, 3.8) is 0 Å². The second kappa shape index (κ2) is 7.26. The van der Waals surface area contributed by atoms with E-state index in [0.29, 0.717) is 0 Å². The molecule has 0 aliphatic heterocycles. The van der Waals surface area contributed by atoms with Crippen molar-refractivity contribution in [3.8, 4) is 5.75 Å². The quantitative estimate of drug-likeness (QED) is 0.804. The molecule has 1 atom stereocenters. The van der Waals surface area contributed by atoms with Crippen LogP contribution in [0.5, 0.6) is 5.75 Å². The van der Waals surface area contributed by atoms with Crippen LogP contribution in [0.3, 0.4) is 0 Å². The van der Waals surface area contributed by atoms with E-state index in [1.165, 1.54) is 12.3 Å². The van der Waals surface area contributed by atoms with Crippen LogP contribution in [0.1, 0.15) is 23.0 Å². The molecule has 1 aromatic carbocycles. The molecule has 22 heavy (non-hydrogen) atoms. The van der Waals surface area contributed by atoms with Gasteiger partial charge in [-0.05, 0) is 12.5 Å². The Morgan fingerprint density at radius 2 is 2.09 bits per heavy atom. The molecule has 2 N–H and O–H groups in total. The van der Waals surface area contributed by atoms with Crippen LogP contribution in [0.25, 0.3) is 0 Å². The molecule has 0 radical (unpaired) electrons. The minimum Gasteiger partial charge on any atom is -0.483 e. The van der Waals surface area contributed by atoms with E-state index in [1.54, 1.807) is 13.0 Å². The Hall–Kier alpha value is -2.82. The molecule has 0 aliphatic carbocycles. The first-order chi connectivity index (χ1) is 10.6. The standard InChI is InChI=1S/C17H18N2O3/c1-3-12(2)19-17(21)15-16(14(20)9-10-18-15)22-11-13-7-5-4-6-8-13/h3-10,12H,1,11H2,2H3,(H,18,20)(H,19,21). The van der Waals surface area contributed by atoms with Crippen molar-refractivity contribution in [3.05, 3.63) is 76.7 Å². The minimum absolute atomic E-state index is 0.0140. The highest BCUT2D eigenvalue weighted by molar-refractivity contribution is 5.95. The summed E-state index contributed by atoms with van der Waals surface area (Å²) in [5.41, 5.74) is 0.680. The lowest BCUT2D eigenvalue weighted by Crippen LogP contribution is -2.32. The van der Waals surface area contributed by atoms with E-state index in [-0.39, 0.29) is 29.5 Å². The van der Waals surface area contributed by atoms with Crippen molar-refractivity contribution >= 4 is 5.91 Å². The SMILES string of the molecule is C=CC(C)NC(=O)c1[nH]ccc(=O)c1OCc1ccccc1. The molecular weight excluding hydrogens is 280 g/mol. The van der Waals surface area contributed by atoms with Crippen molar-refractivity contribution in [2.24, 2.45) is 0 Å². The molecule has 0 saturated heterocycles. The Morgan fingerprint density at radius 1 is 1.36 bits per heavy atom. The number of benzene rings is 1. The maximum atomic E-state index is 12.2. The van der Waals surface area contributed by atoms with E-state index in [2.05, 4.69) is 16.9 Å². The summed E-state index contributed by atoms with van der Waals surface area (Å²) in [6.07, 6.45) is 3.02. The highest BCUT2D eigenvalue weighted by Gasteiger charge is 2.17. The fraction of sp³-hybridized carbons (Fsp3) is 0.176. The van der Waals surface area contributed by atoms with Crippen LogP contribution in [0.2, 0.25) is 0 Å². The van der Waals surface area contributed by atoms with Gasteiger partial charge in [0.2, 0.25) is 5.43 Å². The number of ether oxygens (including phenoxy) is 1. The summed E-state index contributed by atoms with van der Waals surface area (Å²) in [6, 6.07) is 10.6. The lowest BCUT2D eigenvalue weighted by molar-refractivity contribution is 0.0936. The smallest absolute Gasteiger partial charge is 0.272 e. The Balaban J connectivity index is 2.21. The van der Waals surface area contributed by atoms with Gasteiger partial charge >= 0.3 is 0 Å². The van der Waals surface area contributed by atoms with E-state index in [1.807, 2.05) is 30.3 Å². The van der Waals surface area contributed by atoms with Gasteiger partial charge in [-0.3, -0.25) is 9.59 Å². The molecular formula is C17H18N2O3. The van der Waals surface area contributed by atoms with Gasteiger partial charge < -0.3 is 15.0 Å². The zero-order chi connectivity index (χ0) is 15.9. The fourth-order valence-electron chi connectivity index (χ4n) is 1.84. The number of amides is 1. The summed E-state index contributed by atoms with van der Waals surface area (Å²) >= 11 is 0. The van der Waals surface area contributed by atoms with Crippen molar-refractivity contribution in [1.29, 1.82) is 0 Å². The molecule has 1 amide bonds. The van der Waals surface area contributed by atoms with Gasteiger partial charge in [0, 0.05) is 18.3 Å². The lowest BCUT2D eigenvalue weighted by atomic mass is 10.2. The highest BCUT2D eigenvalue weighted by atomic mass is 16.5. The third-order valence-electron chi connectivity index (χ3n) is 3.08. The second-order valence-corrected chi connectivity index (χ2v) is 4.82. The largest absolute Gasteiger partial charge is 0.483 e. The number of H-pyrrole nitrogens is 1. The van der Waals surface area contributed by atoms with Crippen LogP contribution < -0.4 is 15.5 Å². The number of hydrogen-bond donors (Lipinski definition) is 2. The zero-order valence-corrected chi connectivity index (χ0v) is 12.3. The predicted octanol–water partition coefficient (Wildman–Crippen LogP) is 2.26. The molecule has 5 nitrogen and oxygen atoms in total. The summed E-state index contributed by atoms with van der Waals surface area (Å²) in [7, 11) is 0. The Labute approximate surface area is 128 Å². The first-order valence-corrected chi connectivity index (χ1v) is 6.93. The molecule has 114 valence electrons. The number of carbonyl (C=O) groups is 1. The number of carbonyl (C=O) groups excluding carboxylic acids is 1. The third kappa shape index (κ3) is 3.85. The molecule has 0 saturated carbocycles. The molecule has 2 aromatic rings. The summed E-state index contributed by atoms with van der Waals surface area (Å²) in [4.78, 5) is 26.9. The van der Waals surface area contributed by atoms with Gasteiger partial charge in [0.15, 0.2) is 11.4 Å². The summed E-state index contributed by atoms with van der Waals surface area (Å²) < 4.78 is 5.56. The molecule has 1 aromatic heterocycles. The number of aromatic nitrogens is 1. The van der Waals surface area contributed by atoms with Gasteiger partial charge in [-0.2, -0.15) is 0 Å². The van der Waals surface area contributed by atoms with Crippen molar-refractivity contribution < 1.29 is 9.53 Å². The lowest BCUT2D eigenvalue weighted by Gasteiger charge is -2.13. The fourth-order valence-corrected chi connectivity index (χ4v) is 1.84. The molecule has 0 spiro atoms. The van der Waals surface area contributed by atoms with Gasteiger partial charge in [0.25, 0.3) is 5.91 Å². The average Bonchev–Trinajstić information content (AvgIpc) is 2.54. The molecule has 0 fully saturated rings. The van der Waals surface area contributed by atoms with Crippen LogP contribution in [0.15, 0.2) is 60.0 Å². The molecule has 1 unspecified atom stereocenters. The number of aromatic amines is 1. The van der Waals surface area contributed by atoms with E-state index in [4.69, 9.17) is 4.74 Å². The van der Waals surface area contributed by atoms with Crippen LogP contribution in [0, 0.1) is 0 Å². The van der Waals surface area contributed by atoms with Crippen LogP contribution in [0.4, 0.5) is 0 Å². The van der Waals surface area contributed by atoms with E-state index in [9.17, 15) is 9.59 Å². The molecule has 1 heterocycles. The Bertz CT molecular complexity index is 707. The van der Waals surface area contributed by atoms with Crippen molar-refractivity contribution in [2.75, 3.05) is 0 Å². The maximum absolute atomic E-state index is 12.2. The van der Waals surface area contributed by atoms with Gasteiger partial charge in [-0.15, -0.1) is 6.58 Å². The monoisotopic (exact) mass is 298 g/mol.